The smallest absolute Gasteiger partial charge is 0.0843 e. The minimum atomic E-state index is -0.710. The van der Waals surface area contributed by atoms with Crippen molar-refractivity contribution >= 4 is 22.6 Å². The molecule has 0 heterocycles. The Balaban J connectivity index is 4.22. The molecule has 0 amide bonds. The minimum absolute atomic E-state index is 0.152. The Labute approximate surface area is 70.4 Å². The summed E-state index contributed by atoms with van der Waals surface area (Å²) in [5, 5.41) is 0. The highest BCUT2D eigenvalue weighted by atomic mass is 32.2. The van der Waals surface area contributed by atoms with Crippen LogP contribution in [0, 0.1) is 5.41 Å². The van der Waals surface area contributed by atoms with Gasteiger partial charge in [-0.1, -0.05) is 20.8 Å². The third-order valence-electron chi connectivity index (χ3n) is 1.22. The normalized spacial score (nSPS) is 18.5. The molecule has 0 aromatic rings. The molecular formula is C7H16OS2. The van der Waals surface area contributed by atoms with Crippen molar-refractivity contribution in [1.82, 2.24) is 0 Å². The fraction of sp³-hybridized carbons (Fsp3) is 1.00. The van der Waals surface area contributed by atoms with E-state index in [1.807, 2.05) is 6.26 Å². The average molecular weight is 180 g/mol. The first-order valence-electron chi connectivity index (χ1n) is 3.24. The summed E-state index contributed by atoms with van der Waals surface area (Å²) in [6, 6.07) is 0. The molecule has 3 heteroatoms. The molecule has 0 bridgehead atoms. The van der Waals surface area contributed by atoms with Crippen molar-refractivity contribution in [3.05, 3.63) is 0 Å². The molecule has 0 fully saturated rings. The van der Waals surface area contributed by atoms with Crippen LogP contribution in [0.1, 0.15) is 20.8 Å². The second kappa shape index (κ2) is 3.77. The van der Waals surface area contributed by atoms with Gasteiger partial charge in [0.25, 0.3) is 0 Å². The van der Waals surface area contributed by atoms with E-state index in [9.17, 15) is 4.21 Å². The number of hydrogen-bond donors (Lipinski definition) is 0. The lowest BCUT2D eigenvalue weighted by molar-refractivity contribution is 0.453. The van der Waals surface area contributed by atoms with Crippen LogP contribution in [0.15, 0.2) is 0 Å². The molecule has 0 saturated heterocycles. The first kappa shape index (κ1) is 10.5. The summed E-state index contributed by atoms with van der Waals surface area (Å²) < 4.78 is 11.4. The van der Waals surface area contributed by atoms with E-state index >= 15 is 0 Å². The third-order valence-corrected chi connectivity index (χ3v) is 5.06. The largest absolute Gasteiger partial charge is 0.259 e. The van der Waals surface area contributed by atoms with Crippen LogP contribution in [0.5, 0.6) is 0 Å². The fourth-order valence-electron chi connectivity index (χ4n) is 0.987. The Bertz CT molecular complexity index is 126. The molecule has 0 unspecified atom stereocenters. The van der Waals surface area contributed by atoms with E-state index in [1.54, 1.807) is 18.0 Å². The van der Waals surface area contributed by atoms with Crippen molar-refractivity contribution in [3.63, 3.8) is 0 Å². The molecule has 0 radical (unpaired) electrons. The van der Waals surface area contributed by atoms with Gasteiger partial charge in [0.2, 0.25) is 0 Å². The van der Waals surface area contributed by atoms with E-state index in [0.29, 0.717) is 0 Å². The van der Waals surface area contributed by atoms with Gasteiger partial charge < -0.3 is 0 Å². The molecule has 0 aliphatic rings. The summed E-state index contributed by atoms with van der Waals surface area (Å²) in [6.45, 7) is 6.36. The van der Waals surface area contributed by atoms with E-state index in [2.05, 4.69) is 20.8 Å². The maximum absolute atomic E-state index is 11.1. The summed E-state index contributed by atoms with van der Waals surface area (Å²) in [7, 11) is -0.710. The fourth-order valence-corrected chi connectivity index (χ4v) is 3.77. The van der Waals surface area contributed by atoms with Gasteiger partial charge in [0, 0.05) is 17.1 Å². The first-order valence-corrected chi connectivity index (χ1v) is 6.15. The number of rotatable bonds is 2. The molecular weight excluding hydrogens is 164 g/mol. The van der Waals surface area contributed by atoms with Crippen molar-refractivity contribution < 1.29 is 4.21 Å². The highest BCUT2D eigenvalue weighted by Crippen LogP contribution is 2.30. The van der Waals surface area contributed by atoms with E-state index < -0.39 is 10.8 Å². The van der Waals surface area contributed by atoms with E-state index in [1.165, 1.54) is 0 Å². The maximum Gasteiger partial charge on any atom is 0.0843 e. The molecule has 0 aromatic heterocycles. The monoisotopic (exact) mass is 180 g/mol. The Morgan fingerprint density at radius 1 is 1.40 bits per heavy atom. The van der Waals surface area contributed by atoms with E-state index in [4.69, 9.17) is 0 Å². The SMILES string of the molecule is CS[C@@H]([S@](C)=O)C(C)(C)C. The van der Waals surface area contributed by atoms with Crippen molar-refractivity contribution in [2.75, 3.05) is 12.5 Å². The topological polar surface area (TPSA) is 17.1 Å². The van der Waals surface area contributed by atoms with Gasteiger partial charge in [-0.25, -0.2) is 0 Å². The Hall–Kier alpha value is 0.500. The standard InChI is InChI=1S/C7H16OS2/c1-7(2,3)6(9-4)10(5)8/h6H,1-5H3/t6-,10-/m0/s1. The first-order chi connectivity index (χ1) is 4.39. The van der Waals surface area contributed by atoms with Gasteiger partial charge in [-0.05, 0) is 11.7 Å². The third kappa shape index (κ3) is 3.06. The van der Waals surface area contributed by atoms with Gasteiger partial charge in [-0.3, -0.25) is 4.21 Å². The predicted octanol–water partition coefficient (Wildman–Crippen LogP) is 2.10. The highest BCUT2D eigenvalue weighted by Gasteiger charge is 2.26. The van der Waals surface area contributed by atoms with Crippen LogP contribution in [0.2, 0.25) is 0 Å². The second-order valence-electron chi connectivity index (χ2n) is 3.43. The summed E-state index contributed by atoms with van der Waals surface area (Å²) in [5.74, 6) is 0. The van der Waals surface area contributed by atoms with Crippen molar-refractivity contribution in [3.8, 4) is 0 Å². The van der Waals surface area contributed by atoms with Crippen LogP contribution >= 0.6 is 11.8 Å². The zero-order chi connectivity index (χ0) is 8.36. The van der Waals surface area contributed by atoms with Crippen molar-refractivity contribution in [1.29, 1.82) is 0 Å². The molecule has 10 heavy (non-hydrogen) atoms. The Morgan fingerprint density at radius 3 is 1.80 bits per heavy atom. The van der Waals surface area contributed by atoms with Gasteiger partial charge in [0.1, 0.15) is 0 Å². The quantitative estimate of drug-likeness (QED) is 0.647. The summed E-state index contributed by atoms with van der Waals surface area (Å²) >= 11 is 1.68. The van der Waals surface area contributed by atoms with Gasteiger partial charge in [0.15, 0.2) is 0 Å². The maximum atomic E-state index is 11.1. The Morgan fingerprint density at radius 2 is 1.80 bits per heavy atom. The van der Waals surface area contributed by atoms with Crippen molar-refractivity contribution in [2.24, 2.45) is 5.41 Å². The molecule has 0 aliphatic heterocycles. The predicted molar refractivity (Wildman–Crippen MR) is 50.8 cm³/mol. The Kier molecular flexibility index (Phi) is 3.95. The zero-order valence-electron chi connectivity index (χ0n) is 7.30. The lowest BCUT2D eigenvalue weighted by Crippen LogP contribution is -2.26. The molecule has 1 nitrogen and oxygen atoms in total. The van der Waals surface area contributed by atoms with Crippen LogP contribution in [-0.2, 0) is 10.8 Å². The van der Waals surface area contributed by atoms with Crippen molar-refractivity contribution in [2.45, 2.75) is 25.4 Å². The molecule has 0 spiro atoms. The number of hydrogen-bond acceptors (Lipinski definition) is 2. The van der Waals surface area contributed by atoms with Gasteiger partial charge in [-0.15, -0.1) is 11.8 Å². The molecule has 0 saturated carbocycles. The zero-order valence-corrected chi connectivity index (χ0v) is 8.94. The molecule has 0 N–H and O–H groups in total. The van der Waals surface area contributed by atoms with Crippen LogP contribution in [0.25, 0.3) is 0 Å². The van der Waals surface area contributed by atoms with Crippen LogP contribution in [0.4, 0.5) is 0 Å². The molecule has 0 aromatic carbocycles. The van der Waals surface area contributed by atoms with Gasteiger partial charge >= 0.3 is 0 Å². The summed E-state index contributed by atoms with van der Waals surface area (Å²) in [5.41, 5.74) is 0.152. The molecule has 0 aliphatic carbocycles. The van der Waals surface area contributed by atoms with Gasteiger partial charge in [-0.2, -0.15) is 0 Å². The molecule has 2 atom stereocenters. The lowest BCUT2D eigenvalue weighted by Gasteiger charge is -2.26. The van der Waals surface area contributed by atoms with Gasteiger partial charge in [0.05, 0.1) is 4.58 Å². The minimum Gasteiger partial charge on any atom is -0.259 e. The summed E-state index contributed by atoms with van der Waals surface area (Å²) in [4.78, 5) is 0. The van der Waals surface area contributed by atoms with Crippen LogP contribution in [-0.4, -0.2) is 21.3 Å². The van der Waals surface area contributed by atoms with Crippen LogP contribution < -0.4 is 0 Å². The number of thioether (sulfide) groups is 1. The van der Waals surface area contributed by atoms with E-state index in [-0.39, 0.29) is 10.00 Å². The highest BCUT2D eigenvalue weighted by molar-refractivity contribution is 8.10. The summed E-state index contributed by atoms with van der Waals surface area (Å²) in [6.07, 6.45) is 3.78. The second-order valence-corrected chi connectivity index (χ2v) is 6.14. The average Bonchev–Trinajstić information content (AvgIpc) is 1.60. The molecule has 62 valence electrons. The van der Waals surface area contributed by atoms with E-state index in [0.717, 1.165) is 0 Å². The lowest BCUT2D eigenvalue weighted by atomic mass is 10.0. The molecule has 0 rings (SSSR count). The van der Waals surface area contributed by atoms with Crippen LogP contribution in [0.3, 0.4) is 0 Å².